The van der Waals surface area contributed by atoms with E-state index in [-0.39, 0.29) is 18.2 Å². The summed E-state index contributed by atoms with van der Waals surface area (Å²) in [6, 6.07) is 5.06. The molecule has 0 radical (unpaired) electrons. The number of hydrogen-bond acceptors (Lipinski definition) is 3. The fraction of sp³-hybridized carbons (Fsp3) is 0.556. The maximum Gasteiger partial charge on any atom is 0.326 e. The number of nitrogens with zero attached hydrogens (tertiary/aromatic N) is 1. The average molecular weight is 317 g/mol. The Kier molecular flexibility index (Phi) is 4.28. The van der Waals surface area contributed by atoms with Gasteiger partial charge in [0.1, 0.15) is 11.8 Å². The second kappa shape index (κ2) is 6.22. The van der Waals surface area contributed by atoms with Crippen LogP contribution in [0.1, 0.15) is 30.4 Å². The van der Waals surface area contributed by atoms with E-state index in [2.05, 4.69) is 0 Å². The molecule has 3 atom stereocenters. The molecule has 1 N–H and O–H groups in total. The lowest BCUT2D eigenvalue weighted by Crippen LogP contribution is -2.44. The standard InChI is InChI=1S/C18H23NO4/c1-11-6-7-15(23-2)13(8-11)9-16(20)19-10-12-4-3-5-14(12)17(19)18(21)22/h6-8,12,14,17H,3-5,9-10H2,1-2H3,(H,21,22). The number of amides is 1. The molecule has 1 saturated heterocycles. The molecule has 124 valence electrons. The van der Waals surface area contributed by atoms with Gasteiger partial charge in [0, 0.05) is 12.1 Å². The average Bonchev–Trinajstić information content (AvgIpc) is 3.07. The Morgan fingerprint density at radius 1 is 1.35 bits per heavy atom. The number of carbonyl (C=O) groups is 2. The van der Waals surface area contributed by atoms with Gasteiger partial charge in [-0.2, -0.15) is 0 Å². The van der Waals surface area contributed by atoms with E-state index < -0.39 is 12.0 Å². The van der Waals surface area contributed by atoms with Crippen molar-refractivity contribution in [2.75, 3.05) is 13.7 Å². The number of carboxylic acid groups (broad SMARTS) is 1. The fourth-order valence-corrected chi connectivity index (χ4v) is 4.19. The summed E-state index contributed by atoms with van der Waals surface area (Å²) in [5.74, 6) is 0.158. The number of rotatable bonds is 4. The molecule has 1 amide bonds. The second-order valence-electron chi connectivity index (χ2n) is 6.68. The van der Waals surface area contributed by atoms with Gasteiger partial charge in [0.2, 0.25) is 5.91 Å². The third-order valence-corrected chi connectivity index (χ3v) is 5.24. The van der Waals surface area contributed by atoms with Crippen LogP contribution in [0, 0.1) is 18.8 Å². The lowest BCUT2D eigenvalue weighted by Gasteiger charge is -2.25. The Hall–Kier alpha value is -2.04. The molecule has 0 bridgehead atoms. The summed E-state index contributed by atoms with van der Waals surface area (Å²) < 4.78 is 5.33. The molecule has 1 aliphatic heterocycles. The van der Waals surface area contributed by atoms with Gasteiger partial charge in [-0.05, 0) is 37.7 Å². The number of fused-ring (bicyclic) bond motifs is 1. The lowest BCUT2D eigenvalue weighted by atomic mass is 9.94. The van der Waals surface area contributed by atoms with E-state index in [4.69, 9.17) is 4.74 Å². The van der Waals surface area contributed by atoms with Crippen LogP contribution in [0.4, 0.5) is 0 Å². The number of carbonyl (C=O) groups excluding carboxylic acids is 1. The summed E-state index contributed by atoms with van der Waals surface area (Å²) >= 11 is 0. The van der Waals surface area contributed by atoms with Crippen LogP contribution in [-0.4, -0.2) is 41.6 Å². The Morgan fingerprint density at radius 2 is 2.13 bits per heavy atom. The highest BCUT2D eigenvalue weighted by Gasteiger charge is 2.49. The molecular formula is C18H23NO4. The minimum atomic E-state index is -0.871. The van der Waals surface area contributed by atoms with E-state index in [1.165, 1.54) is 0 Å². The van der Waals surface area contributed by atoms with Crippen LogP contribution in [0.3, 0.4) is 0 Å². The number of aliphatic carboxylic acids is 1. The van der Waals surface area contributed by atoms with Gasteiger partial charge >= 0.3 is 5.97 Å². The predicted molar refractivity (Wildman–Crippen MR) is 85.4 cm³/mol. The van der Waals surface area contributed by atoms with E-state index >= 15 is 0 Å². The van der Waals surface area contributed by atoms with Gasteiger partial charge in [0.05, 0.1) is 13.5 Å². The second-order valence-corrected chi connectivity index (χ2v) is 6.68. The fourth-order valence-electron chi connectivity index (χ4n) is 4.19. The minimum Gasteiger partial charge on any atom is -0.496 e. The summed E-state index contributed by atoms with van der Waals surface area (Å²) in [5, 5.41) is 9.57. The molecule has 1 saturated carbocycles. The number of benzene rings is 1. The molecule has 0 spiro atoms. The SMILES string of the molecule is COc1ccc(C)cc1CC(=O)N1CC2CCCC2C1C(=O)O. The quantitative estimate of drug-likeness (QED) is 0.925. The molecular weight excluding hydrogens is 294 g/mol. The van der Waals surface area contributed by atoms with Crippen molar-refractivity contribution in [3.05, 3.63) is 29.3 Å². The number of likely N-dealkylation sites (tertiary alicyclic amines) is 1. The summed E-state index contributed by atoms with van der Waals surface area (Å²) in [6.45, 7) is 2.54. The first kappa shape index (κ1) is 15.8. The van der Waals surface area contributed by atoms with Gasteiger partial charge in [-0.3, -0.25) is 4.79 Å². The molecule has 2 aliphatic rings. The van der Waals surface area contributed by atoms with Gasteiger partial charge in [0.15, 0.2) is 0 Å². The van der Waals surface area contributed by atoms with Crippen LogP contribution in [0.5, 0.6) is 5.75 Å². The van der Waals surface area contributed by atoms with E-state index in [1.54, 1.807) is 12.0 Å². The Bertz CT molecular complexity index is 627. The first-order chi connectivity index (χ1) is 11.0. The van der Waals surface area contributed by atoms with Gasteiger partial charge in [0.25, 0.3) is 0 Å². The number of carboxylic acids is 1. The van der Waals surface area contributed by atoms with Crippen LogP contribution < -0.4 is 4.74 Å². The molecule has 1 aromatic carbocycles. The normalized spacial score (nSPS) is 26.2. The zero-order chi connectivity index (χ0) is 16.6. The highest BCUT2D eigenvalue weighted by Crippen LogP contribution is 2.42. The van der Waals surface area contributed by atoms with Crippen molar-refractivity contribution in [2.45, 2.75) is 38.6 Å². The molecule has 1 heterocycles. The minimum absolute atomic E-state index is 0.115. The van der Waals surface area contributed by atoms with Crippen LogP contribution in [0.2, 0.25) is 0 Å². The van der Waals surface area contributed by atoms with Crippen molar-refractivity contribution in [3.8, 4) is 5.75 Å². The van der Waals surface area contributed by atoms with E-state index in [0.29, 0.717) is 18.2 Å². The summed E-state index contributed by atoms with van der Waals surface area (Å²) in [5.41, 5.74) is 1.88. The van der Waals surface area contributed by atoms with Gasteiger partial charge in [-0.1, -0.05) is 24.1 Å². The smallest absolute Gasteiger partial charge is 0.326 e. The summed E-state index contributed by atoms with van der Waals surface area (Å²) in [6.07, 6.45) is 3.21. The van der Waals surface area contributed by atoms with Crippen LogP contribution >= 0.6 is 0 Å². The number of methoxy groups -OCH3 is 1. The van der Waals surface area contributed by atoms with Gasteiger partial charge in [-0.25, -0.2) is 4.79 Å². The maximum atomic E-state index is 12.7. The summed E-state index contributed by atoms with van der Waals surface area (Å²) in [7, 11) is 1.58. The molecule has 3 unspecified atom stereocenters. The van der Waals surface area contributed by atoms with Crippen LogP contribution in [0.15, 0.2) is 18.2 Å². The Morgan fingerprint density at radius 3 is 2.83 bits per heavy atom. The molecule has 5 nitrogen and oxygen atoms in total. The van der Waals surface area contributed by atoms with Crippen molar-refractivity contribution in [1.29, 1.82) is 0 Å². The monoisotopic (exact) mass is 317 g/mol. The Balaban J connectivity index is 1.80. The van der Waals surface area contributed by atoms with E-state index in [9.17, 15) is 14.7 Å². The number of ether oxygens (including phenoxy) is 1. The molecule has 5 heteroatoms. The molecule has 3 rings (SSSR count). The first-order valence-corrected chi connectivity index (χ1v) is 8.17. The van der Waals surface area contributed by atoms with Crippen molar-refractivity contribution >= 4 is 11.9 Å². The first-order valence-electron chi connectivity index (χ1n) is 8.17. The number of aryl methyl sites for hydroxylation is 1. The zero-order valence-corrected chi connectivity index (χ0v) is 13.6. The molecule has 23 heavy (non-hydrogen) atoms. The third kappa shape index (κ3) is 2.92. The number of hydrogen-bond donors (Lipinski definition) is 1. The van der Waals surface area contributed by atoms with Crippen molar-refractivity contribution in [2.24, 2.45) is 11.8 Å². The third-order valence-electron chi connectivity index (χ3n) is 5.24. The van der Waals surface area contributed by atoms with Crippen LogP contribution in [-0.2, 0) is 16.0 Å². The molecule has 2 fully saturated rings. The Labute approximate surface area is 136 Å². The van der Waals surface area contributed by atoms with Crippen molar-refractivity contribution < 1.29 is 19.4 Å². The largest absolute Gasteiger partial charge is 0.496 e. The van der Waals surface area contributed by atoms with E-state index in [1.807, 2.05) is 25.1 Å². The van der Waals surface area contributed by atoms with Gasteiger partial charge < -0.3 is 14.7 Å². The zero-order valence-electron chi connectivity index (χ0n) is 13.6. The van der Waals surface area contributed by atoms with E-state index in [0.717, 1.165) is 30.4 Å². The molecule has 1 aromatic rings. The topological polar surface area (TPSA) is 66.8 Å². The molecule has 0 aromatic heterocycles. The van der Waals surface area contributed by atoms with Crippen molar-refractivity contribution in [1.82, 2.24) is 4.90 Å². The van der Waals surface area contributed by atoms with Crippen LogP contribution in [0.25, 0.3) is 0 Å². The predicted octanol–water partition coefficient (Wildman–Crippen LogP) is 2.26. The highest BCUT2D eigenvalue weighted by atomic mass is 16.5. The maximum absolute atomic E-state index is 12.7. The highest BCUT2D eigenvalue weighted by molar-refractivity contribution is 5.86. The summed E-state index contributed by atoms with van der Waals surface area (Å²) in [4.78, 5) is 26.0. The molecule has 1 aliphatic carbocycles. The van der Waals surface area contributed by atoms with Gasteiger partial charge in [-0.15, -0.1) is 0 Å². The lowest BCUT2D eigenvalue weighted by molar-refractivity contribution is -0.149. The van der Waals surface area contributed by atoms with Crippen molar-refractivity contribution in [3.63, 3.8) is 0 Å².